The van der Waals surface area contributed by atoms with Crippen LogP contribution in [0.5, 0.6) is 0 Å². The second-order valence-corrected chi connectivity index (χ2v) is 2.85. The third-order valence-corrected chi connectivity index (χ3v) is 2.12. The summed E-state index contributed by atoms with van der Waals surface area (Å²) in [4.78, 5) is 4.14. The van der Waals surface area contributed by atoms with Gasteiger partial charge in [0.15, 0.2) is 5.58 Å². The van der Waals surface area contributed by atoms with Crippen LogP contribution in [0.4, 0.5) is 0 Å². The SMILES string of the molecule is CN=C(C)c1cccc2oncc12. The zero-order valence-electron chi connectivity index (χ0n) is 7.61. The second kappa shape index (κ2) is 3.01. The van der Waals surface area contributed by atoms with E-state index < -0.39 is 0 Å². The van der Waals surface area contributed by atoms with E-state index in [1.807, 2.05) is 25.1 Å². The van der Waals surface area contributed by atoms with Gasteiger partial charge in [0.1, 0.15) is 0 Å². The molecule has 0 N–H and O–H groups in total. The molecule has 3 heteroatoms. The molecule has 0 fully saturated rings. The predicted molar refractivity (Wildman–Crippen MR) is 52.1 cm³/mol. The van der Waals surface area contributed by atoms with Gasteiger partial charge in [0.05, 0.1) is 11.6 Å². The molecule has 0 spiro atoms. The quantitative estimate of drug-likeness (QED) is 0.622. The van der Waals surface area contributed by atoms with Crippen LogP contribution in [0.1, 0.15) is 12.5 Å². The van der Waals surface area contributed by atoms with Crippen molar-refractivity contribution >= 4 is 16.7 Å². The topological polar surface area (TPSA) is 38.4 Å². The monoisotopic (exact) mass is 174 g/mol. The Morgan fingerprint density at radius 3 is 3.08 bits per heavy atom. The Balaban J connectivity index is 2.75. The van der Waals surface area contributed by atoms with Crippen molar-refractivity contribution in [2.24, 2.45) is 4.99 Å². The molecule has 0 atom stereocenters. The van der Waals surface area contributed by atoms with Crippen LogP contribution < -0.4 is 0 Å². The van der Waals surface area contributed by atoms with Crippen molar-refractivity contribution in [3.8, 4) is 0 Å². The van der Waals surface area contributed by atoms with Gasteiger partial charge in [-0.3, -0.25) is 4.99 Å². The largest absolute Gasteiger partial charge is 0.356 e. The lowest BCUT2D eigenvalue weighted by molar-refractivity contribution is 0.456. The summed E-state index contributed by atoms with van der Waals surface area (Å²) >= 11 is 0. The van der Waals surface area contributed by atoms with Crippen molar-refractivity contribution in [1.82, 2.24) is 5.16 Å². The molecular weight excluding hydrogens is 164 g/mol. The van der Waals surface area contributed by atoms with E-state index in [0.29, 0.717) is 0 Å². The molecule has 3 nitrogen and oxygen atoms in total. The molecule has 13 heavy (non-hydrogen) atoms. The lowest BCUT2D eigenvalue weighted by Gasteiger charge is -1.98. The maximum absolute atomic E-state index is 5.05. The van der Waals surface area contributed by atoms with Gasteiger partial charge >= 0.3 is 0 Å². The zero-order chi connectivity index (χ0) is 9.26. The van der Waals surface area contributed by atoms with Crippen molar-refractivity contribution in [2.75, 3.05) is 7.05 Å². The van der Waals surface area contributed by atoms with Gasteiger partial charge < -0.3 is 4.52 Å². The molecule has 1 aromatic heterocycles. The van der Waals surface area contributed by atoms with E-state index in [-0.39, 0.29) is 0 Å². The average Bonchev–Trinajstić information content (AvgIpc) is 2.63. The third-order valence-electron chi connectivity index (χ3n) is 2.12. The van der Waals surface area contributed by atoms with E-state index in [9.17, 15) is 0 Å². The van der Waals surface area contributed by atoms with Crippen molar-refractivity contribution in [3.05, 3.63) is 30.0 Å². The van der Waals surface area contributed by atoms with Crippen molar-refractivity contribution in [1.29, 1.82) is 0 Å². The first-order valence-corrected chi connectivity index (χ1v) is 4.10. The summed E-state index contributed by atoms with van der Waals surface area (Å²) in [7, 11) is 1.78. The van der Waals surface area contributed by atoms with Crippen molar-refractivity contribution in [3.63, 3.8) is 0 Å². The highest BCUT2D eigenvalue weighted by Gasteiger charge is 2.05. The van der Waals surface area contributed by atoms with E-state index in [1.54, 1.807) is 13.2 Å². The molecule has 2 rings (SSSR count). The molecule has 1 heterocycles. The van der Waals surface area contributed by atoms with Crippen molar-refractivity contribution in [2.45, 2.75) is 6.92 Å². The molecule has 0 aliphatic heterocycles. The Hall–Kier alpha value is -1.64. The lowest BCUT2D eigenvalue weighted by atomic mass is 10.1. The van der Waals surface area contributed by atoms with Crippen LogP contribution in [-0.2, 0) is 0 Å². The average molecular weight is 174 g/mol. The van der Waals surface area contributed by atoms with E-state index in [4.69, 9.17) is 4.52 Å². The third kappa shape index (κ3) is 1.22. The van der Waals surface area contributed by atoms with Crippen LogP contribution >= 0.6 is 0 Å². The fourth-order valence-corrected chi connectivity index (χ4v) is 1.33. The number of fused-ring (bicyclic) bond motifs is 1. The van der Waals surface area contributed by atoms with Gasteiger partial charge in [0.2, 0.25) is 0 Å². The summed E-state index contributed by atoms with van der Waals surface area (Å²) in [5, 5.41) is 4.77. The Bertz CT molecular complexity index is 457. The van der Waals surface area contributed by atoms with Crippen LogP contribution in [0.25, 0.3) is 11.0 Å². The second-order valence-electron chi connectivity index (χ2n) is 2.85. The highest BCUT2D eigenvalue weighted by atomic mass is 16.5. The van der Waals surface area contributed by atoms with Gasteiger partial charge in [-0.1, -0.05) is 17.3 Å². The summed E-state index contributed by atoms with van der Waals surface area (Å²) in [6, 6.07) is 5.86. The first-order valence-electron chi connectivity index (χ1n) is 4.10. The maximum Gasteiger partial charge on any atom is 0.167 e. The summed E-state index contributed by atoms with van der Waals surface area (Å²) in [6.45, 7) is 1.97. The molecular formula is C10H10N2O. The summed E-state index contributed by atoms with van der Waals surface area (Å²) < 4.78 is 5.05. The summed E-state index contributed by atoms with van der Waals surface area (Å²) in [5.74, 6) is 0. The fourth-order valence-electron chi connectivity index (χ4n) is 1.33. The number of hydrogen-bond acceptors (Lipinski definition) is 3. The molecule has 0 bridgehead atoms. The van der Waals surface area contributed by atoms with Gasteiger partial charge in [-0.25, -0.2) is 0 Å². The maximum atomic E-state index is 5.05. The number of aromatic nitrogens is 1. The van der Waals surface area contributed by atoms with Gasteiger partial charge in [0, 0.05) is 18.3 Å². The van der Waals surface area contributed by atoms with Gasteiger partial charge in [0.25, 0.3) is 0 Å². The number of nitrogens with zero attached hydrogens (tertiary/aromatic N) is 2. The van der Waals surface area contributed by atoms with Gasteiger partial charge in [-0.05, 0) is 13.0 Å². The molecule has 1 aromatic carbocycles. The smallest absolute Gasteiger partial charge is 0.167 e. The van der Waals surface area contributed by atoms with Gasteiger partial charge in [-0.2, -0.15) is 0 Å². The van der Waals surface area contributed by atoms with Gasteiger partial charge in [-0.15, -0.1) is 0 Å². The minimum Gasteiger partial charge on any atom is -0.356 e. The Labute approximate surface area is 76.1 Å². The molecule has 2 aromatic rings. The Morgan fingerprint density at radius 1 is 1.46 bits per heavy atom. The molecule has 0 radical (unpaired) electrons. The highest BCUT2D eigenvalue weighted by Crippen LogP contribution is 2.18. The Kier molecular flexibility index (Phi) is 1.85. The Morgan fingerprint density at radius 2 is 2.31 bits per heavy atom. The van der Waals surface area contributed by atoms with Crippen LogP contribution in [0, 0.1) is 0 Å². The van der Waals surface area contributed by atoms with Crippen molar-refractivity contribution < 1.29 is 4.52 Å². The molecule has 0 unspecified atom stereocenters. The number of rotatable bonds is 1. The highest BCUT2D eigenvalue weighted by molar-refractivity contribution is 6.08. The molecule has 66 valence electrons. The normalized spacial score (nSPS) is 12.3. The van der Waals surface area contributed by atoms with E-state index >= 15 is 0 Å². The van der Waals surface area contributed by atoms with Crippen LogP contribution in [0.2, 0.25) is 0 Å². The number of benzene rings is 1. The molecule has 0 saturated carbocycles. The zero-order valence-corrected chi connectivity index (χ0v) is 7.61. The lowest BCUT2D eigenvalue weighted by Crippen LogP contribution is -1.93. The van der Waals surface area contributed by atoms with E-state index in [2.05, 4.69) is 10.1 Å². The standard InChI is InChI=1S/C10H10N2O/c1-7(11-2)8-4-3-5-10-9(8)6-12-13-10/h3-6H,1-2H3. The summed E-state index contributed by atoms with van der Waals surface area (Å²) in [5.41, 5.74) is 2.88. The predicted octanol–water partition coefficient (Wildman–Crippen LogP) is 2.27. The molecule has 0 aliphatic carbocycles. The fraction of sp³-hybridized carbons (Fsp3) is 0.200. The molecule has 0 saturated heterocycles. The first kappa shape index (κ1) is 7.98. The first-order chi connectivity index (χ1) is 6.33. The van der Waals surface area contributed by atoms with Crippen LogP contribution in [-0.4, -0.2) is 17.9 Å². The molecule has 0 amide bonds. The summed E-state index contributed by atoms with van der Waals surface area (Å²) in [6.07, 6.45) is 1.72. The minimum absolute atomic E-state index is 0.806. The van der Waals surface area contributed by atoms with Crippen LogP contribution in [0.3, 0.4) is 0 Å². The van der Waals surface area contributed by atoms with Crippen LogP contribution in [0.15, 0.2) is 33.9 Å². The number of hydrogen-bond donors (Lipinski definition) is 0. The molecule has 0 aliphatic rings. The van der Waals surface area contributed by atoms with E-state index in [0.717, 1.165) is 22.2 Å². The van der Waals surface area contributed by atoms with E-state index in [1.165, 1.54) is 0 Å². The minimum atomic E-state index is 0.806. The number of aliphatic imine (C=N–C) groups is 1.